The molecule has 27 heavy (non-hydrogen) atoms. The summed E-state index contributed by atoms with van der Waals surface area (Å²) in [7, 11) is 0. The fraction of sp³-hybridized carbons (Fsp3) is 0.235. The first-order valence-electron chi connectivity index (χ1n) is 8.24. The van der Waals surface area contributed by atoms with Gasteiger partial charge in [0.2, 0.25) is 17.6 Å². The molecule has 0 spiro atoms. The normalized spacial score (nSPS) is 10.7. The van der Waals surface area contributed by atoms with Gasteiger partial charge in [-0.15, -0.1) is 10.2 Å². The highest BCUT2D eigenvalue weighted by Crippen LogP contribution is 2.19. The predicted molar refractivity (Wildman–Crippen MR) is 103 cm³/mol. The van der Waals surface area contributed by atoms with E-state index in [9.17, 15) is 14.4 Å². The van der Waals surface area contributed by atoms with E-state index in [2.05, 4.69) is 25.8 Å². The number of thioether (sulfide) groups is 1. The van der Waals surface area contributed by atoms with Gasteiger partial charge in [-0.2, -0.15) is 0 Å². The highest BCUT2D eigenvalue weighted by molar-refractivity contribution is 7.99. The van der Waals surface area contributed by atoms with Gasteiger partial charge >= 0.3 is 0 Å². The van der Waals surface area contributed by atoms with Gasteiger partial charge < -0.3 is 10.6 Å². The van der Waals surface area contributed by atoms with Gasteiger partial charge in [-0.25, -0.2) is 0 Å². The van der Waals surface area contributed by atoms with Crippen LogP contribution in [0, 0.1) is 0 Å². The van der Waals surface area contributed by atoms with Crippen molar-refractivity contribution in [3.05, 3.63) is 46.4 Å². The molecule has 0 bridgehead atoms. The van der Waals surface area contributed by atoms with E-state index >= 15 is 0 Å². The molecule has 3 rings (SSSR count). The van der Waals surface area contributed by atoms with Gasteiger partial charge in [-0.3, -0.25) is 23.8 Å². The van der Waals surface area contributed by atoms with Crippen molar-refractivity contribution in [3.8, 4) is 0 Å². The first-order valence-corrected chi connectivity index (χ1v) is 9.22. The number of nitrogens with zero attached hydrogens (tertiary/aromatic N) is 3. The molecule has 0 aliphatic carbocycles. The van der Waals surface area contributed by atoms with Gasteiger partial charge in [0.1, 0.15) is 0 Å². The van der Waals surface area contributed by atoms with Gasteiger partial charge in [0.15, 0.2) is 5.16 Å². The summed E-state index contributed by atoms with van der Waals surface area (Å²) in [6.45, 7) is 3.35. The molecule has 1 aromatic carbocycles. The van der Waals surface area contributed by atoms with Crippen LogP contribution in [0.2, 0.25) is 0 Å². The first kappa shape index (κ1) is 18.6. The third-order valence-electron chi connectivity index (χ3n) is 3.61. The molecular formula is C17H18N6O3S. The van der Waals surface area contributed by atoms with E-state index in [1.165, 1.54) is 24.8 Å². The van der Waals surface area contributed by atoms with Crippen molar-refractivity contribution in [2.75, 3.05) is 16.4 Å². The monoisotopic (exact) mass is 386 g/mol. The highest BCUT2D eigenvalue weighted by Gasteiger charge is 2.13. The van der Waals surface area contributed by atoms with Crippen molar-refractivity contribution in [2.24, 2.45) is 0 Å². The molecule has 0 radical (unpaired) electrons. The third kappa shape index (κ3) is 4.53. The van der Waals surface area contributed by atoms with E-state index in [-0.39, 0.29) is 23.1 Å². The molecule has 0 atom stereocenters. The fourth-order valence-corrected chi connectivity index (χ4v) is 3.29. The topological polar surface area (TPSA) is 121 Å². The van der Waals surface area contributed by atoms with E-state index in [0.29, 0.717) is 28.7 Å². The molecule has 0 aliphatic rings. The molecule has 0 aliphatic heterocycles. The van der Waals surface area contributed by atoms with Gasteiger partial charge in [-0.05, 0) is 24.6 Å². The molecule has 2 heterocycles. The Morgan fingerprint density at radius 2 is 1.93 bits per heavy atom. The van der Waals surface area contributed by atoms with E-state index < -0.39 is 0 Å². The van der Waals surface area contributed by atoms with Crippen molar-refractivity contribution in [1.29, 1.82) is 0 Å². The molecule has 0 unspecified atom stereocenters. The summed E-state index contributed by atoms with van der Waals surface area (Å²) in [6.07, 6.45) is 0.633. The lowest BCUT2D eigenvalue weighted by Crippen LogP contribution is -2.15. The molecule has 2 aromatic heterocycles. The number of anilines is 2. The number of fused-ring (bicyclic) bond motifs is 1. The number of hydrogen-bond donors (Lipinski definition) is 3. The second-order valence-electron chi connectivity index (χ2n) is 5.72. The average Bonchev–Trinajstić information content (AvgIpc) is 3.01. The van der Waals surface area contributed by atoms with Crippen LogP contribution >= 0.6 is 11.8 Å². The van der Waals surface area contributed by atoms with Gasteiger partial charge in [0, 0.05) is 30.1 Å². The minimum absolute atomic E-state index is 0.118. The van der Waals surface area contributed by atoms with Crippen molar-refractivity contribution in [1.82, 2.24) is 19.6 Å². The van der Waals surface area contributed by atoms with Crippen LogP contribution < -0.4 is 16.2 Å². The summed E-state index contributed by atoms with van der Waals surface area (Å²) in [4.78, 5) is 37.6. The number of aryl methyl sites for hydroxylation is 1. The van der Waals surface area contributed by atoms with Crippen LogP contribution in [0.4, 0.5) is 11.4 Å². The summed E-state index contributed by atoms with van der Waals surface area (Å²) in [5.74, 6) is 0.0647. The quantitative estimate of drug-likeness (QED) is 0.554. The number of benzene rings is 1. The summed E-state index contributed by atoms with van der Waals surface area (Å²) in [6, 6.07) is 8.38. The van der Waals surface area contributed by atoms with Crippen molar-refractivity contribution < 1.29 is 9.59 Å². The van der Waals surface area contributed by atoms with E-state index in [1.807, 2.05) is 6.92 Å². The first-order chi connectivity index (χ1) is 13.0. The number of carbonyl (C=O) groups excluding carboxylic acids is 2. The lowest BCUT2D eigenvalue weighted by molar-refractivity contribution is -0.114. The Kier molecular flexibility index (Phi) is 5.55. The number of hydrogen-bond acceptors (Lipinski definition) is 6. The second-order valence-corrected chi connectivity index (χ2v) is 6.66. The third-order valence-corrected chi connectivity index (χ3v) is 4.54. The SMILES string of the molecule is CCc1cc(=O)[nH]c2nnc(SCC(=O)Nc3cccc(NC(C)=O)c3)n12. The number of carbonyl (C=O) groups is 2. The molecule has 10 heteroatoms. The van der Waals surface area contributed by atoms with Crippen LogP contribution in [-0.4, -0.2) is 37.1 Å². The van der Waals surface area contributed by atoms with Gasteiger partial charge in [0.05, 0.1) is 5.75 Å². The maximum Gasteiger partial charge on any atom is 0.252 e. The van der Waals surface area contributed by atoms with E-state index in [4.69, 9.17) is 0 Å². The minimum Gasteiger partial charge on any atom is -0.326 e. The fourth-order valence-electron chi connectivity index (χ4n) is 2.53. The number of aromatic amines is 1. The van der Waals surface area contributed by atoms with Gasteiger partial charge in [0.25, 0.3) is 5.56 Å². The zero-order valence-corrected chi connectivity index (χ0v) is 15.6. The van der Waals surface area contributed by atoms with Crippen LogP contribution in [0.1, 0.15) is 19.5 Å². The van der Waals surface area contributed by atoms with Crippen LogP contribution in [-0.2, 0) is 16.0 Å². The standard InChI is InChI=1S/C17H18N6O3S/c1-3-13-8-14(25)20-16-21-22-17(23(13)16)27-9-15(26)19-12-6-4-5-11(7-12)18-10(2)24/h4-8H,3,9H2,1-2H3,(H,18,24)(H,19,26)(H,20,21,25). The molecule has 0 saturated heterocycles. The van der Waals surface area contributed by atoms with Crippen molar-refractivity contribution in [3.63, 3.8) is 0 Å². The largest absolute Gasteiger partial charge is 0.326 e. The van der Waals surface area contributed by atoms with Gasteiger partial charge in [-0.1, -0.05) is 24.8 Å². The average molecular weight is 386 g/mol. The maximum absolute atomic E-state index is 12.3. The van der Waals surface area contributed by atoms with Crippen LogP contribution in [0.15, 0.2) is 40.3 Å². The smallest absolute Gasteiger partial charge is 0.252 e. The Labute approximate surface area is 158 Å². The molecule has 140 valence electrons. The minimum atomic E-state index is -0.236. The highest BCUT2D eigenvalue weighted by atomic mass is 32.2. The number of H-pyrrole nitrogens is 1. The summed E-state index contributed by atoms with van der Waals surface area (Å²) < 4.78 is 1.73. The summed E-state index contributed by atoms with van der Waals surface area (Å²) >= 11 is 1.22. The lowest BCUT2D eigenvalue weighted by atomic mass is 10.2. The van der Waals surface area contributed by atoms with E-state index in [1.54, 1.807) is 28.7 Å². The number of aromatic nitrogens is 4. The molecule has 0 fully saturated rings. The molecule has 0 saturated carbocycles. The molecule has 3 N–H and O–H groups in total. The van der Waals surface area contributed by atoms with E-state index in [0.717, 1.165) is 5.69 Å². The Hall–Kier alpha value is -3.14. The van der Waals surface area contributed by atoms with Crippen LogP contribution in [0.3, 0.4) is 0 Å². The Morgan fingerprint density at radius 3 is 2.63 bits per heavy atom. The van der Waals surface area contributed by atoms with Crippen molar-refractivity contribution >= 4 is 40.7 Å². The number of nitrogens with one attached hydrogen (secondary N) is 3. The lowest BCUT2D eigenvalue weighted by Gasteiger charge is -2.08. The summed E-state index contributed by atoms with van der Waals surface area (Å²) in [5.41, 5.74) is 1.72. The predicted octanol–water partition coefficient (Wildman–Crippen LogP) is 1.67. The zero-order valence-electron chi connectivity index (χ0n) is 14.8. The summed E-state index contributed by atoms with van der Waals surface area (Å²) in [5, 5.41) is 14.0. The Balaban J connectivity index is 1.69. The Bertz CT molecular complexity index is 1060. The Morgan fingerprint density at radius 1 is 1.19 bits per heavy atom. The van der Waals surface area contributed by atoms with Crippen LogP contribution in [0.25, 0.3) is 5.78 Å². The molecule has 2 amide bonds. The number of amides is 2. The second kappa shape index (κ2) is 8.04. The van der Waals surface area contributed by atoms with Crippen molar-refractivity contribution in [2.45, 2.75) is 25.4 Å². The molecule has 3 aromatic rings. The number of rotatable bonds is 6. The molecular weight excluding hydrogens is 368 g/mol. The molecule has 9 nitrogen and oxygen atoms in total. The maximum atomic E-state index is 12.3. The van der Waals surface area contributed by atoms with Crippen LogP contribution in [0.5, 0.6) is 0 Å². The zero-order chi connectivity index (χ0) is 19.4.